The molecule has 2 heterocycles. The Morgan fingerprint density at radius 2 is 0.746 bits per heavy atom. The molecule has 0 aliphatic heterocycles. The van der Waals surface area contributed by atoms with E-state index in [1.165, 1.54) is 27.6 Å². The summed E-state index contributed by atoms with van der Waals surface area (Å²) in [5, 5.41) is 4.53. The maximum atomic E-state index is 6.24. The average molecular weight is 753 g/mol. The molecule has 0 aliphatic carbocycles. The Labute approximate surface area is 342 Å². The van der Waals surface area contributed by atoms with Crippen LogP contribution in [-0.2, 0) is 0 Å². The van der Waals surface area contributed by atoms with Gasteiger partial charge in [0, 0.05) is 27.5 Å². The highest BCUT2D eigenvalue weighted by atomic mass is 16.3. The summed E-state index contributed by atoms with van der Waals surface area (Å²) in [6.07, 6.45) is 0. The largest absolute Gasteiger partial charge is 0.456 e. The van der Waals surface area contributed by atoms with Crippen molar-refractivity contribution < 1.29 is 4.42 Å². The summed E-state index contributed by atoms with van der Waals surface area (Å²) < 4.78 is 6.24. The van der Waals surface area contributed by atoms with Crippen LogP contribution >= 0.6 is 0 Å². The highest BCUT2D eigenvalue weighted by Gasteiger charge is 2.17. The quantitative estimate of drug-likeness (QED) is 0.163. The molecule has 0 N–H and O–H groups in total. The van der Waals surface area contributed by atoms with Gasteiger partial charge in [0.1, 0.15) is 11.2 Å². The topological polar surface area (TPSA) is 38.9 Å². The number of furan rings is 1. The van der Waals surface area contributed by atoms with Gasteiger partial charge in [-0.3, -0.25) is 0 Å². The predicted molar refractivity (Wildman–Crippen MR) is 245 cm³/mol. The van der Waals surface area contributed by atoms with Gasteiger partial charge in [-0.15, -0.1) is 0 Å². The summed E-state index contributed by atoms with van der Waals surface area (Å²) in [5.41, 5.74) is 15.7. The normalized spacial score (nSPS) is 11.4. The predicted octanol–water partition coefficient (Wildman–Crippen LogP) is 15.2. The molecular formula is C56H36N2O. The molecule has 0 radical (unpaired) electrons. The van der Waals surface area contributed by atoms with Crippen LogP contribution in [0.3, 0.4) is 0 Å². The first-order valence-corrected chi connectivity index (χ1v) is 20.0. The van der Waals surface area contributed by atoms with E-state index in [1.54, 1.807) is 0 Å². The molecule has 276 valence electrons. The van der Waals surface area contributed by atoms with E-state index in [9.17, 15) is 0 Å². The zero-order valence-electron chi connectivity index (χ0n) is 32.1. The van der Waals surface area contributed by atoms with Gasteiger partial charge in [0.25, 0.3) is 0 Å². The summed E-state index contributed by atoms with van der Waals surface area (Å²) in [4.78, 5) is 10.6. The minimum atomic E-state index is 0.679. The van der Waals surface area contributed by atoms with E-state index in [2.05, 4.69) is 188 Å². The second-order valence-corrected chi connectivity index (χ2v) is 15.0. The number of benzene rings is 9. The van der Waals surface area contributed by atoms with Crippen LogP contribution in [-0.4, -0.2) is 9.97 Å². The van der Waals surface area contributed by atoms with E-state index in [4.69, 9.17) is 14.4 Å². The van der Waals surface area contributed by atoms with E-state index in [1.807, 2.05) is 30.3 Å². The third-order valence-corrected chi connectivity index (χ3v) is 11.3. The van der Waals surface area contributed by atoms with E-state index in [-0.39, 0.29) is 0 Å². The Bertz CT molecular complexity index is 3310. The number of fused-ring (bicyclic) bond motifs is 4. The monoisotopic (exact) mass is 752 g/mol. The lowest BCUT2D eigenvalue weighted by atomic mass is 9.91. The van der Waals surface area contributed by atoms with E-state index in [0.717, 1.165) is 77.7 Å². The van der Waals surface area contributed by atoms with Crippen molar-refractivity contribution in [3.8, 4) is 78.4 Å². The fourth-order valence-corrected chi connectivity index (χ4v) is 8.36. The standard InChI is InChI=1S/C56H36N2O/c1-4-15-37(16-5-1)40-21-14-22-41(31-40)43-32-44(42-27-30-55-51(35-42)50-25-12-13-26-54(50)59-55)34-45(33-43)52-36-53(58-56(57-52)39-19-8-3-9-20-39)49-29-28-46(38-17-6-2-7-18-38)47-23-10-11-24-48(47)49/h1-36H. The smallest absolute Gasteiger partial charge is 0.160 e. The molecule has 0 spiro atoms. The molecule has 0 unspecified atom stereocenters. The fourth-order valence-electron chi connectivity index (χ4n) is 8.36. The molecule has 0 saturated carbocycles. The highest BCUT2D eigenvalue weighted by molar-refractivity contribution is 6.07. The molecule has 0 fully saturated rings. The zero-order chi connectivity index (χ0) is 39.1. The highest BCUT2D eigenvalue weighted by Crippen LogP contribution is 2.40. The SMILES string of the molecule is c1ccc(-c2cccc(-c3cc(-c4ccc5oc6ccccc6c5c4)cc(-c4cc(-c5ccc(-c6ccccc6)c6ccccc56)nc(-c5ccccc5)n4)c3)c2)cc1. The van der Waals surface area contributed by atoms with Crippen molar-refractivity contribution in [2.45, 2.75) is 0 Å². The van der Waals surface area contributed by atoms with E-state index >= 15 is 0 Å². The van der Waals surface area contributed by atoms with Crippen LogP contribution in [0.25, 0.3) is 111 Å². The van der Waals surface area contributed by atoms with E-state index < -0.39 is 0 Å². The first kappa shape index (κ1) is 34.4. The number of hydrogen-bond donors (Lipinski definition) is 0. The second kappa shape index (κ2) is 14.6. The van der Waals surface area contributed by atoms with Gasteiger partial charge < -0.3 is 4.42 Å². The lowest BCUT2D eigenvalue weighted by molar-refractivity contribution is 0.669. The Hall–Kier alpha value is -7.88. The molecule has 9 aromatic carbocycles. The number of rotatable bonds is 7. The molecule has 2 aromatic heterocycles. The number of aromatic nitrogens is 2. The Morgan fingerprint density at radius 3 is 1.47 bits per heavy atom. The van der Waals surface area contributed by atoms with Gasteiger partial charge in [-0.1, -0.05) is 170 Å². The summed E-state index contributed by atoms with van der Waals surface area (Å²) in [6.45, 7) is 0. The van der Waals surface area contributed by atoms with Crippen LogP contribution in [0.15, 0.2) is 223 Å². The van der Waals surface area contributed by atoms with Gasteiger partial charge >= 0.3 is 0 Å². The van der Waals surface area contributed by atoms with Crippen LogP contribution < -0.4 is 0 Å². The van der Waals surface area contributed by atoms with Crippen molar-refractivity contribution in [1.29, 1.82) is 0 Å². The fraction of sp³-hybridized carbons (Fsp3) is 0. The first-order chi connectivity index (χ1) is 29.2. The van der Waals surface area contributed by atoms with Gasteiger partial charge in [0.05, 0.1) is 11.4 Å². The van der Waals surface area contributed by atoms with Crippen LogP contribution in [0, 0.1) is 0 Å². The number of para-hydroxylation sites is 1. The molecule has 0 amide bonds. The van der Waals surface area contributed by atoms with E-state index in [0.29, 0.717) is 5.82 Å². The maximum absolute atomic E-state index is 6.24. The maximum Gasteiger partial charge on any atom is 0.160 e. The zero-order valence-corrected chi connectivity index (χ0v) is 32.1. The molecule has 59 heavy (non-hydrogen) atoms. The summed E-state index contributed by atoms with van der Waals surface area (Å²) in [6, 6.07) is 77.1. The summed E-state index contributed by atoms with van der Waals surface area (Å²) >= 11 is 0. The Balaban J connectivity index is 1.14. The van der Waals surface area contributed by atoms with Gasteiger partial charge in [0.15, 0.2) is 5.82 Å². The minimum absolute atomic E-state index is 0.679. The molecule has 3 nitrogen and oxygen atoms in total. The molecule has 0 aliphatic rings. The van der Waals surface area contributed by atoms with Crippen LogP contribution in [0.1, 0.15) is 0 Å². The van der Waals surface area contributed by atoms with Gasteiger partial charge in [-0.25, -0.2) is 9.97 Å². The number of nitrogens with zero attached hydrogens (tertiary/aromatic N) is 2. The first-order valence-electron chi connectivity index (χ1n) is 20.0. The van der Waals surface area contributed by atoms with Crippen molar-refractivity contribution in [2.24, 2.45) is 0 Å². The molecule has 0 atom stereocenters. The summed E-state index contributed by atoms with van der Waals surface area (Å²) in [7, 11) is 0. The van der Waals surface area contributed by atoms with Crippen LogP contribution in [0.2, 0.25) is 0 Å². The third kappa shape index (κ3) is 6.45. The minimum Gasteiger partial charge on any atom is -0.456 e. The van der Waals surface area contributed by atoms with Crippen molar-refractivity contribution in [2.75, 3.05) is 0 Å². The molecule has 11 aromatic rings. The molecular weight excluding hydrogens is 717 g/mol. The third-order valence-electron chi connectivity index (χ3n) is 11.3. The van der Waals surface area contributed by atoms with Crippen molar-refractivity contribution in [3.63, 3.8) is 0 Å². The molecule has 0 bridgehead atoms. The average Bonchev–Trinajstić information content (AvgIpc) is 3.70. The van der Waals surface area contributed by atoms with Crippen molar-refractivity contribution >= 4 is 32.7 Å². The Morgan fingerprint density at radius 1 is 0.254 bits per heavy atom. The van der Waals surface area contributed by atoms with Gasteiger partial charge in [-0.05, 0) is 104 Å². The van der Waals surface area contributed by atoms with Crippen LogP contribution in [0.5, 0.6) is 0 Å². The lowest BCUT2D eigenvalue weighted by Gasteiger charge is -2.15. The number of hydrogen-bond acceptors (Lipinski definition) is 3. The van der Waals surface area contributed by atoms with Crippen molar-refractivity contribution in [1.82, 2.24) is 9.97 Å². The molecule has 11 rings (SSSR count). The van der Waals surface area contributed by atoms with Gasteiger partial charge in [0.2, 0.25) is 0 Å². The Kier molecular flexibility index (Phi) is 8.49. The lowest BCUT2D eigenvalue weighted by Crippen LogP contribution is -1.97. The van der Waals surface area contributed by atoms with Crippen LogP contribution in [0.4, 0.5) is 0 Å². The van der Waals surface area contributed by atoms with Gasteiger partial charge in [-0.2, -0.15) is 0 Å². The molecule has 3 heteroatoms. The second-order valence-electron chi connectivity index (χ2n) is 15.0. The summed E-state index contributed by atoms with van der Waals surface area (Å²) in [5.74, 6) is 0.679. The van der Waals surface area contributed by atoms with Crippen molar-refractivity contribution in [3.05, 3.63) is 218 Å². The molecule has 0 saturated heterocycles.